The first-order chi connectivity index (χ1) is 3.80. The smallest absolute Gasteiger partial charge is 0.328 e. The van der Waals surface area contributed by atoms with Crippen molar-refractivity contribution in [2.75, 3.05) is 0 Å². The highest BCUT2D eigenvalue weighted by molar-refractivity contribution is 5.79. The van der Waals surface area contributed by atoms with Gasteiger partial charge in [-0.15, -0.1) is 0 Å². The lowest BCUT2D eigenvalue weighted by Gasteiger charge is -1.99. The Kier molecular flexibility index (Phi) is 1.15. The first kappa shape index (κ1) is 5.08. The predicted octanol–water partition coefficient (Wildman–Crippen LogP) is -0.581. The summed E-state index contributed by atoms with van der Waals surface area (Å²) in [6, 6.07) is -0.491. The summed E-state index contributed by atoms with van der Waals surface area (Å²) in [5.74, 6) is -0.845. The minimum atomic E-state index is -0.845. The number of carboxylic acids is 1. The molecule has 2 N–H and O–H groups in total. The van der Waals surface area contributed by atoms with E-state index in [0.29, 0.717) is 6.42 Å². The molecule has 0 aromatic rings. The quantitative estimate of drug-likeness (QED) is 0.479. The van der Waals surface area contributed by atoms with Crippen molar-refractivity contribution < 1.29 is 9.90 Å². The fourth-order valence-corrected chi connectivity index (χ4v) is 0.510. The highest BCUT2D eigenvalue weighted by atomic mass is 16.4. The molecular weight excluding hydrogens is 108 g/mol. The maximum Gasteiger partial charge on any atom is 0.328 e. The Morgan fingerprint density at radius 3 is 3.00 bits per heavy atom. The van der Waals surface area contributed by atoms with Crippen molar-refractivity contribution in [3.63, 3.8) is 0 Å². The molecule has 0 saturated heterocycles. The molecule has 1 aliphatic rings. The van der Waals surface area contributed by atoms with E-state index in [9.17, 15) is 4.79 Å². The summed E-state index contributed by atoms with van der Waals surface area (Å²) in [4.78, 5) is 10.1. The van der Waals surface area contributed by atoms with Crippen LogP contribution in [0.3, 0.4) is 0 Å². The zero-order valence-electron chi connectivity index (χ0n) is 4.16. The van der Waals surface area contributed by atoms with Crippen LogP contribution in [0.25, 0.3) is 0 Å². The molecule has 0 bridgehead atoms. The maximum atomic E-state index is 10.1. The van der Waals surface area contributed by atoms with Gasteiger partial charge in [-0.3, -0.25) is 5.43 Å². The molecular formula is C4H6N2O2. The lowest BCUT2D eigenvalue weighted by Crippen LogP contribution is -2.28. The van der Waals surface area contributed by atoms with E-state index >= 15 is 0 Å². The monoisotopic (exact) mass is 114 g/mol. The van der Waals surface area contributed by atoms with E-state index in [1.807, 2.05) is 0 Å². The molecule has 4 heteroatoms. The molecule has 0 aromatic carbocycles. The van der Waals surface area contributed by atoms with Gasteiger partial charge in [0.2, 0.25) is 0 Å². The number of hydrogen-bond acceptors (Lipinski definition) is 3. The van der Waals surface area contributed by atoms with Crippen molar-refractivity contribution in [2.45, 2.75) is 12.5 Å². The van der Waals surface area contributed by atoms with Gasteiger partial charge in [0.1, 0.15) is 6.04 Å². The number of nitrogens with one attached hydrogen (secondary N) is 1. The Morgan fingerprint density at radius 2 is 2.75 bits per heavy atom. The minimum absolute atomic E-state index is 0.491. The lowest BCUT2D eigenvalue weighted by molar-refractivity contribution is -0.139. The first-order valence-electron chi connectivity index (χ1n) is 2.30. The molecule has 0 radical (unpaired) electrons. The van der Waals surface area contributed by atoms with Crippen molar-refractivity contribution in [3.05, 3.63) is 0 Å². The topological polar surface area (TPSA) is 61.7 Å². The van der Waals surface area contributed by atoms with Gasteiger partial charge >= 0.3 is 5.97 Å². The summed E-state index contributed by atoms with van der Waals surface area (Å²) < 4.78 is 0. The van der Waals surface area contributed by atoms with Crippen LogP contribution in [0, 0.1) is 0 Å². The average molecular weight is 114 g/mol. The van der Waals surface area contributed by atoms with E-state index in [-0.39, 0.29) is 0 Å². The summed E-state index contributed by atoms with van der Waals surface area (Å²) in [5.41, 5.74) is 2.43. The van der Waals surface area contributed by atoms with E-state index in [0.717, 1.165) is 0 Å². The van der Waals surface area contributed by atoms with Crippen LogP contribution in [0.1, 0.15) is 6.42 Å². The second-order valence-electron chi connectivity index (χ2n) is 1.57. The molecule has 4 nitrogen and oxygen atoms in total. The molecule has 0 aromatic heterocycles. The van der Waals surface area contributed by atoms with Crippen molar-refractivity contribution in [1.29, 1.82) is 0 Å². The van der Waals surface area contributed by atoms with E-state index in [2.05, 4.69) is 10.5 Å². The van der Waals surface area contributed by atoms with Crippen LogP contribution in [0.15, 0.2) is 5.10 Å². The molecule has 0 amide bonds. The summed E-state index contributed by atoms with van der Waals surface area (Å²) >= 11 is 0. The molecule has 44 valence electrons. The average Bonchev–Trinajstić information content (AvgIpc) is 2.12. The third-order valence-corrected chi connectivity index (χ3v) is 0.961. The molecule has 0 spiro atoms. The van der Waals surface area contributed by atoms with Crippen LogP contribution < -0.4 is 5.43 Å². The third-order valence-electron chi connectivity index (χ3n) is 0.961. The van der Waals surface area contributed by atoms with E-state index in [4.69, 9.17) is 5.11 Å². The van der Waals surface area contributed by atoms with Crippen LogP contribution in [0.5, 0.6) is 0 Å². The Hall–Kier alpha value is -1.06. The van der Waals surface area contributed by atoms with Gasteiger partial charge in [-0.05, 0) is 0 Å². The molecule has 0 fully saturated rings. The maximum absolute atomic E-state index is 10.1. The third kappa shape index (κ3) is 0.776. The van der Waals surface area contributed by atoms with Gasteiger partial charge in [0, 0.05) is 12.6 Å². The Morgan fingerprint density at radius 1 is 2.00 bits per heavy atom. The number of carbonyl (C=O) groups is 1. The number of aliphatic carboxylic acids is 1. The second-order valence-corrected chi connectivity index (χ2v) is 1.57. The normalized spacial score (nSPS) is 25.2. The lowest BCUT2D eigenvalue weighted by atomic mass is 10.2. The van der Waals surface area contributed by atoms with Crippen molar-refractivity contribution >= 4 is 12.2 Å². The SMILES string of the molecule is O=C(O)C1CC=NN1. The number of hydrogen-bond donors (Lipinski definition) is 2. The summed E-state index contributed by atoms with van der Waals surface area (Å²) in [6.07, 6.45) is 2.05. The standard InChI is InChI=1S/C4H6N2O2/c7-4(8)3-1-2-5-6-3/h2-3,6H,1H2,(H,7,8). The summed E-state index contributed by atoms with van der Waals surface area (Å²) in [5, 5.41) is 11.8. The van der Waals surface area contributed by atoms with Crippen molar-refractivity contribution in [3.8, 4) is 0 Å². The molecule has 8 heavy (non-hydrogen) atoms. The van der Waals surface area contributed by atoms with Gasteiger partial charge in [-0.2, -0.15) is 5.10 Å². The van der Waals surface area contributed by atoms with Gasteiger partial charge in [-0.25, -0.2) is 4.79 Å². The van der Waals surface area contributed by atoms with Crippen LogP contribution in [0.2, 0.25) is 0 Å². The largest absolute Gasteiger partial charge is 0.480 e. The van der Waals surface area contributed by atoms with Gasteiger partial charge < -0.3 is 5.11 Å². The van der Waals surface area contributed by atoms with Gasteiger partial charge in [0.15, 0.2) is 0 Å². The van der Waals surface area contributed by atoms with Crippen molar-refractivity contribution in [2.24, 2.45) is 5.10 Å². The van der Waals surface area contributed by atoms with E-state index in [1.165, 1.54) is 0 Å². The second kappa shape index (κ2) is 1.81. The minimum Gasteiger partial charge on any atom is -0.480 e. The molecule has 1 unspecified atom stereocenters. The van der Waals surface area contributed by atoms with Crippen molar-refractivity contribution in [1.82, 2.24) is 5.43 Å². The highest BCUT2D eigenvalue weighted by Crippen LogP contribution is 1.94. The summed E-state index contributed by atoms with van der Waals surface area (Å²) in [6.45, 7) is 0. The fourth-order valence-electron chi connectivity index (χ4n) is 0.510. The van der Waals surface area contributed by atoms with Gasteiger partial charge in [0.25, 0.3) is 0 Å². The Balaban J connectivity index is 2.41. The molecule has 0 aliphatic carbocycles. The molecule has 1 rings (SSSR count). The fraction of sp³-hybridized carbons (Fsp3) is 0.500. The van der Waals surface area contributed by atoms with Crippen LogP contribution >= 0.6 is 0 Å². The van der Waals surface area contributed by atoms with E-state index < -0.39 is 12.0 Å². The zero-order chi connectivity index (χ0) is 5.98. The molecule has 1 heterocycles. The predicted molar refractivity (Wildman–Crippen MR) is 27.7 cm³/mol. The highest BCUT2D eigenvalue weighted by Gasteiger charge is 2.17. The zero-order valence-corrected chi connectivity index (χ0v) is 4.16. The number of hydrazone groups is 1. The van der Waals surface area contributed by atoms with Gasteiger partial charge in [-0.1, -0.05) is 0 Å². The molecule has 1 aliphatic heterocycles. The van der Waals surface area contributed by atoms with Gasteiger partial charge in [0.05, 0.1) is 0 Å². The van der Waals surface area contributed by atoms with Crippen LogP contribution in [0.4, 0.5) is 0 Å². The van der Waals surface area contributed by atoms with Crippen LogP contribution in [-0.4, -0.2) is 23.3 Å². The number of rotatable bonds is 1. The number of nitrogens with zero attached hydrogens (tertiary/aromatic N) is 1. The number of carboxylic acid groups (broad SMARTS) is 1. The first-order valence-corrected chi connectivity index (χ1v) is 2.30. The van der Waals surface area contributed by atoms with E-state index in [1.54, 1.807) is 6.21 Å². The molecule has 1 atom stereocenters. The Bertz CT molecular complexity index is 124. The molecule has 0 saturated carbocycles. The Labute approximate surface area is 46.2 Å². The summed E-state index contributed by atoms with van der Waals surface area (Å²) in [7, 11) is 0. The van der Waals surface area contributed by atoms with Crippen LogP contribution in [-0.2, 0) is 4.79 Å².